The third-order valence-corrected chi connectivity index (χ3v) is 9.94. The van der Waals surface area contributed by atoms with E-state index in [9.17, 15) is 9.90 Å². The normalized spacial score (nSPS) is 26.8. The van der Waals surface area contributed by atoms with Gasteiger partial charge in [-0.05, 0) is 95.0 Å². The fourth-order valence-corrected chi connectivity index (χ4v) is 7.16. The average Bonchev–Trinajstić information content (AvgIpc) is 3.00. The number of nitrogens with zero attached hydrogens (tertiary/aromatic N) is 3. The summed E-state index contributed by atoms with van der Waals surface area (Å²) in [7, 11) is 0. The molecule has 1 fully saturated rings. The third-order valence-electron chi connectivity index (χ3n) is 9.67. The van der Waals surface area contributed by atoms with Gasteiger partial charge in [-0.1, -0.05) is 44.9 Å². The maximum atomic E-state index is 16.1. The Morgan fingerprint density at radius 1 is 1.19 bits per heavy atom. The molecule has 1 aromatic heterocycles. The minimum absolute atomic E-state index is 0.000264. The van der Waals surface area contributed by atoms with Gasteiger partial charge in [0.2, 0.25) is 5.95 Å². The Morgan fingerprint density at radius 3 is 2.63 bits per heavy atom. The number of hydrogen-bond acceptors (Lipinski definition) is 7. The number of Topliss-reactive ketones (excluding diaryl/α,β-unsaturated/α-hetero) is 1. The van der Waals surface area contributed by atoms with E-state index in [-0.39, 0.29) is 23.7 Å². The molecule has 0 bridgehead atoms. The summed E-state index contributed by atoms with van der Waals surface area (Å²) in [5, 5.41) is 14.1. The van der Waals surface area contributed by atoms with Crippen molar-refractivity contribution in [2.24, 2.45) is 29.4 Å². The van der Waals surface area contributed by atoms with Crippen molar-refractivity contribution in [3.05, 3.63) is 40.5 Å². The molecule has 2 aliphatic rings. The number of benzene rings is 1. The van der Waals surface area contributed by atoms with E-state index in [1.807, 2.05) is 26.8 Å². The highest BCUT2D eigenvalue weighted by Gasteiger charge is 2.48. The summed E-state index contributed by atoms with van der Waals surface area (Å²) in [6.45, 7) is 11.1. The quantitative estimate of drug-likeness (QED) is 0.263. The minimum Gasteiger partial charge on any atom is -0.390 e. The molecule has 0 amide bonds. The number of halogens is 2. The van der Waals surface area contributed by atoms with Crippen molar-refractivity contribution in [2.75, 3.05) is 29.9 Å². The van der Waals surface area contributed by atoms with Crippen molar-refractivity contribution in [3.63, 3.8) is 0 Å². The molecule has 2 heterocycles. The third kappa shape index (κ3) is 8.25. The number of ketones is 1. The first-order valence-electron chi connectivity index (χ1n) is 16.2. The van der Waals surface area contributed by atoms with E-state index in [1.165, 1.54) is 11.1 Å². The summed E-state index contributed by atoms with van der Waals surface area (Å²) >= 11 is 6.57. The van der Waals surface area contributed by atoms with Crippen LogP contribution in [0.5, 0.6) is 0 Å². The van der Waals surface area contributed by atoms with E-state index in [0.29, 0.717) is 67.9 Å². The molecule has 1 aromatic carbocycles. The molecular weight excluding hydrogens is 565 g/mol. The number of aliphatic hydroxyl groups is 1. The Balaban J connectivity index is 1.53. The Morgan fingerprint density at radius 2 is 1.93 bits per heavy atom. The van der Waals surface area contributed by atoms with Crippen LogP contribution < -0.4 is 16.0 Å². The van der Waals surface area contributed by atoms with Crippen LogP contribution in [-0.4, -0.2) is 51.8 Å². The molecule has 7 nitrogen and oxygen atoms in total. The fourth-order valence-electron chi connectivity index (χ4n) is 7.02. The van der Waals surface area contributed by atoms with Crippen LogP contribution >= 0.6 is 11.6 Å². The van der Waals surface area contributed by atoms with Crippen molar-refractivity contribution in [2.45, 2.75) is 104 Å². The van der Waals surface area contributed by atoms with Crippen molar-refractivity contribution >= 4 is 34.8 Å². The number of nitrogens with two attached hydrogens (primary N) is 1. The molecule has 2 aromatic rings. The number of aromatic nitrogens is 2. The molecule has 5 atom stereocenters. The van der Waals surface area contributed by atoms with Crippen LogP contribution in [0.4, 0.5) is 21.8 Å². The second-order valence-corrected chi connectivity index (χ2v) is 14.1. The fraction of sp³-hybridized carbons (Fsp3) is 0.676. The summed E-state index contributed by atoms with van der Waals surface area (Å²) in [5.41, 5.74) is 7.22. The van der Waals surface area contributed by atoms with Crippen molar-refractivity contribution < 1.29 is 14.3 Å². The number of fused-ring (bicyclic) bond motifs is 1. The molecule has 0 spiro atoms. The first-order chi connectivity index (χ1) is 20.3. The Kier molecular flexibility index (Phi) is 11.1. The molecule has 0 radical (unpaired) electrons. The van der Waals surface area contributed by atoms with Crippen LogP contribution in [0.2, 0.25) is 5.02 Å². The summed E-state index contributed by atoms with van der Waals surface area (Å²) in [4.78, 5) is 24.6. The topological polar surface area (TPSA) is 104 Å². The molecule has 3 unspecified atom stereocenters. The van der Waals surface area contributed by atoms with Gasteiger partial charge in [0.25, 0.3) is 0 Å². The van der Waals surface area contributed by atoms with E-state index < -0.39 is 11.3 Å². The Labute approximate surface area is 262 Å². The maximum Gasteiger partial charge on any atom is 0.227 e. The molecule has 4 rings (SSSR count). The van der Waals surface area contributed by atoms with E-state index in [4.69, 9.17) is 22.3 Å². The lowest BCUT2D eigenvalue weighted by Crippen LogP contribution is -2.55. The van der Waals surface area contributed by atoms with Gasteiger partial charge in [0.15, 0.2) is 5.82 Å². The van der Waals surface area contributed by atoms with Gasteiger partial charge in [0, 0.05) is 42.4 Å². The summed E-state index contributed by atoms with van der Waals surface area (Å²) in [6, 6.07) is 6.32. The zero-order valence-corrected chi connectivity index (χ0v) is 27.4. The highest BCUT2D eigenvalue weighted by molar-refractivity contribution is 6.32. The monoisotopic (exact) mass is 615 g/mol. The van der Waals surface area contributed by atoms with Crippen LogP contribution in [-0.2, 0) is 17.6 Å². The van der Waals surface area contributed by atoms with Gasteiger partial charge in [0.05, 0.1) is 11.8 Å². The van der Waals surface area contributed by atoms with Gasteiger partial charge in [-0.15, -0.1) is 0 Å². The van der Waals surface area contributed by atoms with E-state index in [0.717, 1.165) is 37.8 Å². The molecule has 1 saturated heterocycles. The van der Waals surface area contributed by atoms with Gasteiger partial charge in [-0.25, -0.2) is 9.37 Å². The number of nitrogens with one attached hydrogen (secondary N) is 1. The molecule has 9 heteroatoms. The van der Waals surface area contributed by atoms with Gasteiger partial charge in [0.1, 0.15) is 16.5 Å². The van der Waals surface area contributed by atoms with E-state index in [2.05, 4.69) is 27.3 Å². The number of carbonyl (C=O) groups excluding carboxylic acids is 1. The summed E-state index contributed by atoms with van der Waals surface area (Å²) in [5.74, 6) is 0.943. The van der Waals surface area contributed by atoms with Crippen LogP contribution in [0.15, 0.2) is 24.4 Å². The van der Waals surface area contributed by atoms with Crippen LogP contribution in [0.1, 0.15) is 90.7 Å². The molecule has 0 saturated carbocycles. The summed E-state index contributed by atoms with van der Waals surface area (Å²) in [6.07, 6.45) is 8.08. The predicted molar refractivity (Wildman–Crippen MR) is 174 cm³/mol. The molecular formula is C34H51ClFN5O2. The lowest BCUT2D eigenvalue weighted by Gasteiger charge is -2.47. The van der Waals surface area contributed by atoms with Gasteiger partial charge in [-0.2, -0.15) is 4.98 Å². The largest absolute Gasteiger partial charge is 0.390 e. The molecule has 4 N–H and O–H groups in total. The summed E-state index contributed by atoms with van der Waals surface area (Å²) < 4.78 is 16.1. The molecule has 1 aliphatic carbocycles. The van der Waals surface area contributed by atoms with Gasteiger partial charge < -0.3 is 21.1 Å². The number of hydrogen-bond donors (Lipinski definition) is 3. The zero-order valence-electron chi connectivity index (χ0n) is 26.6. The van der Waals surface area contributed by atoms with E-state index >= 15 is 4.39 Å². The predicted octanol–water partition coefficient (Wildman–Crippen LogP) is 7.05. The SMILES string of the molecule is CCCC1(F)[C@H](CCN)CN(c2ncc(Cl)c(Nc3ccc4c(c3)CCC(CCC(C)(C)O)C(=O)C(C)CC4)n2)C[C@@H]1C. The lowest BCUT2D eigenvalue weighted by atomic mass is 9.72. The van der Waals surface area contributed by atoms with Crippen LogP contribution in [0, 0.1) is 23.7 Å². The minimum atomic E-state index is -1.24. The molecule has 238 valence electrons. The highest BCUT2D eigenvalue weighted by Crippen LogP contribution is 2.42. The van der Waals surface area contributed by atoms with Gasteiger partial charge >= 0.3 is 0 Å². The standard InChI is InChI=1S/C34H51ClFN5O2/c1-6-15-34(36)23(3)20-41(21-27(34)14-17-37)32-38-19-29(35)31(40-32)39-28-12-11-24-8-7-22(2)30(42)25(9-10-26(24)18-28)13-16-33(4,5)43/h11-12,18-19,22-23,25,27,43H,6-10,13-17,20-21,37H2,1-5H3,(H,38,39,40)/t22?,23-,25?,27+,34?/m0/s1. The second kappa shape index (κ2) is 14.2. The number of piperidine rings is 1. The van der Waals surface area contributed by atoms with Gasteiger partial charge in [-0.3, -0.25) is 4.79 Å². The number of aryl methyl sites for hydroxylation is 2. The molecule has 43 heavy (non-hydrogen) atoms. The number of alkyl halides is 1. The first-order valence-corrected chi connectivity index (χ1v) is 16.5. The molecule has 1 aliphatic heterocycles. The number of anilines is 3. The lowest BCUT2D eigenvalue weighted by molar-refractivity contribution is -0.127. The van der Waals surface area contributed by atoms with Crippen LogP contribution in [0.3, 0.4) is 0 Å². The first kappa shape index (κ1) is 33.6. The van der Waals surface area contributed by atoms with Crippen molar-refractivity contribution in [3.8, 4) is 0 Å². The Hall–Kier alpha value is -2.29. The highest BCUT2D eigenvalue weighted by atomic mass is 35.5. The smallest absolute Gasteiger partial charge is 0.227 e. The van der Waals surface area contributed by atoms with E-state index in [1.54, 1.807) is 20.0 Å². The second-order valence-electron chi connectivity index (χ2n) is 13.7. The zero-order chi connectivity index (χ0) is 31.4. The number of rotatable bonds is 10. The van der Waals surface area contributed by atoms with Crippen molar-refractivity contribution in [1.29, 1.82) is 0 Å². The van der Waals surface area contributed by atoms with Crippen molar-refractivity contribution in [1.82, 2.24) is 9.97 Å². The maximum absolute atomic E-state index is 16.1. The average molecular weight is 616 g/mol. The van der Waals surface area contributed by atoms with Crippen LogP contribution in [0.25, 0.3) is 0 Å². The Bertz CT molecular complexity index is 1250. The number of carbonyl (C=O) groups is 1.